The Balaban J connectivity index is 1.82. The number of Topliss-reactive ketones (excluding diaryl/α,β-unsaturated/α-hetero) is 1. The fourth-order valence-corrected chi connectivity index (χ4v) is 8.64. The number of rotatable bonds is 6. The van der Waals surface area contributed by atoms with E-state index in [1.807, 2.05) is 6.92 Å². The van der Waals surface area contributed by atoms with Crippen molar-refractivity contribution in [3.63, 3.8) is 0 Å². The molecular formula is C27H35ClF2O5. The summed E-state index contributed by atoms with van der Waals surface area (Å²) in [7, 11) is 0. The number of aliphatic hydroxyl groups is 1. The molecule has 8 atom stereocenters. The summed E-state index contributed by atoms with van der Waals surface area (Å²) in [5, 5.41) is 11.6. The first kappa shape index (κ1) is 26.5. The summed E-state index contributed by atoms with van der Waals surface area (Å²) in [6, 6.07) is 0. The Morgan fingerprint density at radius 3 is 2.60 bits per heavy atom. The first-order valence-corrected chi connectivity index (χ1v) is 13.0. The highest BCUT2D eigenvalue weighted by atomic mass is 35.5. The lowest BCUT2D eigenvalue weighted by molar-refractivity contribution is -0.202. The Morgan fingerprint density at radius 2 is 1.97 bits per heavy atom. The SMILES string of the molecule is CCCCC(=O)O[C@@]1(C(=O)CF)[C@@H](C)C[C@H]2[C@@H]3CCC4=C(F)C(=O)C=C[C@]4(C)[C@@]3(Cl)[C@@H](O)C[C@@]21C. The first-order valence-electron chi connectivity index (χ1n) is 12.7. The highest BCUT2D eigenvalue weighted by Crippen LogP contribution is 2.72. The molecule has 0 aromatic rings. The van der Waals surface area contributed by atoms with Crippen LogP contribution in [0.25, 0.3) is 0 Å². The number of esters is 1. The molecule has 4 aliphatic rings. The number of carbonyl (C=O) groups is 3. The molecule has 0 spiro atoms. The number of unbranched alkanes of at least 4 members (excludes halogenated alkanes) is 1. The zero-order chi connectivity index (χ0) is 26.0. The van der Waals surface area contributed by atoms with Gasteiger partial charge in [0.25, 0.3) is 0 Å². The molecule has 4 aliphatic carbocycles. The van der Waals surface area contributed by atoms with Crippen LogP contribution in [0.3, 0.4) is 0 Å². The number of halogens is 3. The molecule has 0 aromatic carbocycles. The molecule has 0 aromatic heterocycles. The van der Waals surface area contributed by atoms with E-state index < -0.39 is 63.4 Å². The maximum Gasteiger partial charge on any atom is 0.306 e. The summed E-state index contributed by atoms with van der Waals surface area (Å²) in [6.45, 7) is 6.00. The molecule has 0 unspecified atom stereocenters. The highest BCUT2D eigenvalue weighted by Gasteiger charge is 2.76. The van der Waals surface area contributed by atoms with Crippen LogP contribution in [0.15, 0.2) is 23.6 Å². The van der Waals surface area contributed by atoms with Crippen molar-refractivity contribution in [3.05, 3.63) is 23.6 Å². The maximum atomic E-state index is 14.9. The van der Waals surface area contributed by atoms with Crippen molar-refractivity contribution in [2.24, 2.45) is 28.6 Å². The summed E-state index contributed by atoms with van der Waals surface area (Å²) >= 11 is 7.33. The minimum atomic E-state index is -1.71. The van der Waals surface area contributed by atoms with Crippen molar-refractivity contribution < 1.29 is 33.0 Å². The van der Waals surface area contributed by atoms with Crippen LogP contribution in [0.2, 0.25) is 0 Å². The number of carbonyl (C=O) groups excluding carboxylic acids is 3. The van der Waals surface area contributed by atoms with Gasteiger partial charge >= 0.3 is 5.97 Å². The summed E-state index contributed by atoms with van der Waals surface area (Å²) in [4.78, 5) is 36.8. The Morgan fingerprint density at radius 1 is 1.29 bits per heavy atom. The maximum absolute atomic E-state index is 14.9. The van der Waals surface area contributed by atoms with Crippen molar-refractivity contribution in [1.29, 1.82) is 0 Å². The van der Waals surface area contributed by atoms with Gasteiger partial charge in [-0.2, -0.15) is 0 Å². The van der Waals surface area contributed by atoms with Crippen LogP contribution in [0, 0.1) is 28.6 Å². The predicted octanol–water partition coefficient (Wildman–Crippen LogP) is 5.18. The minimum Gasteiger partial charge on any atom is -0.450 e. The van der Waals surface area contributed by atoms with Gasteiger partial charge in [0.1, 0.15) is 0 Å². The van der Waals surface area contributed by atoms with Gasteiger partial charge in [0.15, 0.2) is 18.1 Å². The molecule has 0 radical (unpaired) electrons. The van der Waals surface area contributed by atoms with Gasteiger partial charge < -0.3 is 9.84 Å². The number of hydrogen-bond donors (Lipinski definition) is 1. The van der Waals surface area contributed by atoms with E-state index in [1.54, 1.807) is 26.8 Å². The molecule has 35 heavy (non-hydrogen) atoms. The van der Waals surface area contributed by atoms with E-state index in [2.05, 4.69) is 0 Å². The molecule has 0 heterocycles. The molecule has 4 rings (SSSR count). The number of hydrogen-bond acceptors (Lipinski definition) is 5. The van der Waals surface area contributed by atoms with Crippen molar-refractivity contribution >= 4 is 29.1 Å². The zero-order valence-electron chi connectivity index (χ0n) is 20.8. The van der Waals surface area contributed by atoms with Gasteiger partial charge in [-0.1, -0.05) is 40.2 Å². The molecule has 5 nitrogen and oxygen atoms in total. The van der Waals surface area contributed by atoms with Gasteiger partial charge in [0.05, 0.1) is 11.0 Å². The first-order chi connectivity index (χ1) is 16.3. The number of ether oxygens (including phenoxy) is 1. The second-order valence-corrected chi connectivity index (χ2v) is 12.0. The Kier molecular flexibility index (Phi) is 6.62. The summed E-state index contributed by atoms with van der Waals surface area (Å²) in [6.07, 6.45) is 4.17. The molecule has 8 heteroatoms. The third kappa shape index (κ3) is 3.29. The van der Waals surface area contributed by atoms with Crippen LogP contribution >= 0.6 is 11.6 Å². The van der Waals surface area contributed by atoms with E-state index in [9.17, 15) is 28.3 Å². The monoisotopic (exact) mass is 512 g/mol. The third-order valence-electron chi connectivity index (χ3n) is 9.82. The summed E-state index contributed by atoms with van der Waals surface area (Å²) in [5.41, 5.74) is -3.57. The second-order valence-electron chi connectivity index (χ2n) is 11.4. The normalized spacial score (nSPS) is 44.5. The van der Waals surface area contributed by atoms with E-state index in [4.69, 9.17) is 16.3 Å². The van der Waals surface area contributed by atoms with Crippen molar-refractivity contribution in [1.82, 2.24) is 0 Å². The quantitative estimate of drug-likeness (QED) is 0.392. The second kappa shape index (κ2) is 8.76. The molecular weight excluding hydrogens is 478 g/mol. The van der Waals surface area contributed by atoms with Crippen molar-refractivity contribution in [2.75, 3.05) is 6.67 Å². The van der Waals surface area contributed by atoms with Gasteiger partial charge in [0.2, 0.25) is 11.6 Å². The largest absolute Gasteiger partial charge is 0.450 e. The molecule has 1 N–H and O–H groups in total. The lowest BCUT2D eigenvalue weighted by Gasteiger charge is -2.64. The highest BCUT2D eigenvalue weighted by molar-refractivity contribution is 6.26. The summed E-state index contributed by atoms with van der Waals surface area (Å²) in [5.74, 6) is -3.98. The van der Waals surface area contributed by atoms with E-state index in [0.717, 1.165) is 6.42 Å². The Labute approximate surface area is 210 Å². The van der Waals surface area contributed by atoms with Gasteiger partial charge in [-0.05, 0) is 55.6 Å². The minimum absolute atomic E-state index is 0.0128. The van der Waals surface area contributed by atoms with Crippen LogP contribution in [0.4, 0.5) is 8.78 Å². The molecule has 3 fully saturated rings. The Hall–Kier alpha value is -1.60. The standard InChI is InChI=1S/C27H35ClF2O5/c1-5-6-7-22(34)35-27(21(33)14-29)15(2)12-18-16-8-9-17-23(30)19(31)10-11-24(17,3)26(16,28)20(32)13-25(18,27)4/h10-11,15-16,18,20,32H,5-9,12-14H2,1-4H3/t15-,16-,18-,20-,24-,25-,26-,27+/m0/s1. The topological polar surface area (TPSA) is 80.7 Å². The van der Waals surface area contributed by atoms with Crippen LogP contribution in [-0.2, 0) is 19.1 Å². The Bertz CT molecular complexity index is 1010. The zero-order valence-corrected chi connectivity index (χ0v) is 21.6. The van der Waals surface area contributed by atoms with E-state index in [0.29, 0.717) is 24.8 Å². The lowest BCUT2D eigenvalue weighted by Crippen LogP contribution is -2.69. The van der Waals surface area contributed by atoms with E-state index >= 15 is 0 Å². The van der Waals surface area contributed by atoms with Gasteiger partial charge in [-0.25, -0.2) is 8.78 Å². The number of allylic oxidation sites excluding steroid dienone is 4. The molecule has 0 amide bonds. The molecule has 194 valence electrons. The lowest BCUT2D eigenvalue weighted by atomic mass is 9.45. The predicted molar refractivity (Wildman–Crippen MR) is 127 cm³/mol. The third-order valence-corrected chi connectivity index (χ3v) is 10.7. The van der Waals surface area contributed by atoms with Gasteiger partial charge in [-0.15, -0.1) is 11.6 Å². The molecule has 0 saturated heterocycles. The van der Waals surface area contributed by atoms with Crippen LogP contribution < -0.4 is 0 Å². The van der Waals surface area contributed by atoms with E-state index in [-0.39, 0.29) is 31.1 Å². The molecule has 0 aliphatic heterocycles. The van der Waals surface area contributed by atoms with Crippen LogP contribution in [0.5, 0.6) is 0 Å². The fourth-order valence-electron chi connectivity index (χ4n) is 8.13. The van der Waals surface area contributed by atoms with Crippen LogP contribution in [-0.4, -0.2) is 45.9 Å². The molecule has 0 bridgehead atoms. The summed E-state index contributed by atoms with van der Waals surface area (Å²) < 4.78 is 34.9. The van der Waals surface area contributed by atoms with Gasteiger partial charge in [-0.3, -0.25) is 14.4 Å². The fraction of sp³-hybridized carbons (Fsp3) is 0.741. The number of fused-ring (bicyclic) bond motifs is 5. The smallest absolute Gasteiger partial charge is 0.306 e. The number of aliphatic hydroxyl groups excluding tert-OH is 1. The molecule has 3 saturated carbocycles. The number of alkyl halides is 2. The van der Waals surface area contributed by atoms with Gasteiger partial charge in [0, 0.05) is 23.2 Å². The van der Waals surface area contributed by atoms with Crippen LogP contribution in [0.1, 0.15) is 72.6 Å². The number of ketones is 2. The van der Waals surface area contributed by atoms with E-state index in [1.165, 1.54) is 6.08 Å². The average Bonchev–Trinajstić information content (AvgIpc) is 3.03. The van der Waals surface area contributed by atoms with Crippen molar-refractivity contribution in [2.45, 2.75) is 89.2 Å². The van der Waals surface area contributed by atoms with Crippen molar-refractivity contribution in [3.8, 4) is 0 Å². The average molecular weight is 513 g/mol.